The van der Waals surface area contributed by atoms with Crippen LogP contribution in [0.3, 0.4) is 0 Å². The molecular formula is C31H33NO8. The molecule has 9 nitrogen and oxygen atoms in total. The smallest absolute Gasteiger partial charge is 0.228 e. The molecule has 3 aromatic carbocycles. The molecule has 1 aliphatic carbocycles. The Hall–Kier alpha value is -3.79. The van der Waals surface area contributed by atoms with Crippen LogP contribution >= 0.6 is 0 Å². The SMILES string of the molecule is COc1ccc([C@@]23Oc4cc(OC)cc(OC)c4[C@]2(O)[C@H](O)[C@H](C(=O)N[C@H]2CCCO2)[C@H]3c2ccccc2)cc1. The largest absolute Gasteiger partial charge is 0.497 e. The molecule has 1 saturated carbocycles. The average molecular weight is 548 g/mol. The first kappa shape index (κ1) is 26.4. The van der Waals surface area contributed by atoms with Gasteiger partial charge in [0, 0.05) is 24.7 Å². The lowest BCUT2D eigenvalue weighted by atomic mass is 9.70. The third-order valence-corrected chi connectivity index (χ3v) is 8.49. The van der Waals surface area contributed by atoms with Gasteiger partial charge in [0.1, 0.15) is 35.3 Å². The number of rotatable bonds is 7. The summed E-state index contributed by atoms with van der Waals surface area (Å²) < 4.78 is 29.1. The Morgan fingerprint density at radius 2 is 1.70 bits per heavy atom. The van der Waals surface area contributed by atoms with E-state index in [1.165, 1.54) is 14.2 Å². The Bertz CT molecular complexity index is 1390. The van der Waals surface area contributed by atoms with Crippen LogP contribution in [0.4, 0.5) is 0 Å². The molecule has 0 aromatic heterocycles. The molecule has 0 spiro atoms. The molecule has 3 aliphatic rings. The molecule has 2 aliphatic heterocycles. The van der Waals surface area contributed by atoms with Gasteiger partial charge in [-0.3, -0.25) is 4.79 Å². The lowest BCUT2D eigenvalue weighted by Gasteiger charge is -2.40. The van der Waals surface area contributed by atoms with E-state index >= 15 is 0 Å². The summed E-state index contributed by atoms with van der Waals surface area (Å²) in [7, 11) is 4.57. The second-order valence-corrected chi connectivity index (χ2v) is 10.4. The van der Waals surface area contributed by atoms with Crippen LogP contribution in [0.25, 0.3) is 0 Å². The third-order valence-electron chi connectivity index (χ3n) is 8.49. The normalized spacial score (nSPS) is 30.2. The number of ether oxygens (including phenoxy) is 5. The number of aliphatic hydroxyl groups is 2. The van der Waals surface area contributed by atoms with Crippen LogP contribution in [-0.2, 0) is 20.7 Å². The number of carbonyl (C=O) groups excluding carboxylic acids is 1. The highest BCUT2D eigenvalue weighted by molar-refractivity contribution is 5.83. The summed E-state index contributed by atoms with van der Waals surface area (Å²) in [5.41, 5.74) is -2.17. The first-order chi connectivity index (χ1) is 19.4. The van der Waals surface area contributed by atoms with Gasteiger partial charge in [0.2, 0.25) is 5.91 Å². The second kappa shape index (κ2) is 9.99. The number of fused-ring (bicyclic) bond motifs is 3. The minimum Gasteiger partial charge on any atom is -0.497 e. The summed E-state index contributed by atoms with van der Waals surface area (Å²) in [6.07, 6.45) is -0.541. The summed E-state index contributed by atoms with van der Waals surface area (Å²) in [5.74, 6) is -0.693. The molecule has 6 atom stereocenters. The van der Waals surface area contributed by atoms with Crippen molar-refractivity contribution < 1.29 is 38.7 Å². The predicted molar refractivity (Wildman–Crippen MR) is 145 cm³/mol. The quantitative estimate of drug-likeness (QED) is 0.413. The molecule has 6 rings (SSSR count). The fourth-order valence-corrected chi connectivity index (χ4v) is 6.74. The Labute approximate surface area is 232 Å². The van der Waals surface area contributed by atoms with Crippen molar-refractivity contribution in [2.75, 3.05) is 27.9 Å². The van der Waals surface area contributed by atoms with Crippen molar-refractivity contribution in [1.82, 2.24) is 5.32 Å². The van der Waals surface area contributed by atoms with Gasteiger partial charge in [0.05, 0.1) is 32.8 Å². The van der Waals surface area contributed by atoms with Gasteiger partial charge in [-0.2, -0.15) is 0 Å². The van der Waals surface area contributed by atoms with Gasteiger partial charge >= 0.3 is 0 Å². The number of aliphatic hydroxyl groups excluding tert-OH is 1. The van der Waals surface area contributed by atoms with Gasteiger partial charge in [-0.25, -0.2) is 0 Å². The number of hydrogen-bond acceptors (Lipinski definition) is 8. The van der Waals surface area contributed by atoms with E-state index in [1.54, 1.807) is 43.5 Å². The van der Waals surface area contributed by atoms with Crippen molar-refractivity contribution >= 4 is 5.91 Å². The Kier molecular flexibility index (Phi) is 6.60. The predicted octanol–water partition coefficient (Wildman–Crippen LogP) is 3.22. The monoisotopic (exact) mass is 547 g/mol. The van der Waals surface area contributed by atoms with Crippen LogP contribution in [-0.4, -0.2) is 56.4 Å². The van der Waals surface area contributed by atoms with Crippen molar-refractivity contribution in [3.63, 3.8) is 0 Å². The van der Waals surface area contributed by atoms with E-state index in [1.807, 2.05) is 30.3 Å². The van der Waals surface area contributed by atoms with Crippen LogP contribution in [0.15, 0.2) is 66.7 Å². The summed E-state index contributed by atoms with van der Waals surface area (Å²) in [6.45, 7) is 0.551. The van der Waals surface area contributed by atoms with Gasteiger partial charge in [-0.05, 0) is 36.1 Å². The fourth-order valence-electron chi connectivity index (χ4n) is 6.74. The van der Waals surface area contributed by atoms with Gasteiger partial charge in [0.15, 0.2) is 11.2 Å². The molecule has 1 amide bonds. The summed E-state index contributed by atoms with van der Waals surface area (Å²) >= 11 is 0. The van der Waals surface area contributed by atoms with Crippen molar-refractivity contribution in [1.29, 1.82) is 0 Å². The molecule has 0 bridgehead atoms. The first-order valence-corrected chi connectivity index (χ1v) is 13.4. The molecule has 3 aromatic rings. The van der Waals surface area contributed by atoms with E-state index in [0.29, 0.717) is 35.8 Å². The summed E-state index contributed by atoms with van der Waals surface area (Å²) in [4.78, 5) is 14.0. The van der Waals surface area contributed by atoms with Gasteiger partial charge < -0.3 is 39.2 Å². The zero-order valence-electron chi connectivity index (χ0n) is 22.6. The van der Waals surface area contributed by atoms with E-state index in [4.69, 9.17) is 23.7 Å². The zero-order valence-corrected chi connectivity index (χ0v) is 22.6. The number of benzene rings is 3. The van der Waals surface area contributed by atoms with Crippen LogP contribution < -0.4 is 24.3 Å². The highest BCUT2D eigenvalue weighted by Gasteiger charge is 2.78. The second-order valence-electron chi connectivity index (χ2n) is 10.4. The van der Waals surface area contributed by atoms with Crippen LogP contribution in [0, 0.1) is 5.92 Å². The first-order valence-electron chi connectivity index (χ1n) is 13.4. The Morgan fingerprint density at radius 3 is 2.33 bits per heavy atom. The van der Waals surface area contributed by atoms with E-state index in [-0.39, 0.29) is 11.3 Å². The van der Waals surface area contributed by atoms with Crippen molar-refractivity contribution in [2.24, 2.45) is 5.92 Å². The minimum absolute atomic E-state index is 0.257. The van der Waals surface area contributed by atoms with E-state index in [0.717, 1.165) is 12.0 Å². The molecule has 1 saturated heterocycles. The average Bonchev–Trinajstić information content (AvgIpc) is 3.64. The molecule has 210 valence electrons. The van der Waals surface area contributed by atoms with Gasteiger partial charge in [-0.1, -0.05) is 42.5 Å². The topological polar surface area (TPSA) is 116 Å². The minimum atomic E-state index is -2.09. The number of amides is 1. The summed E-state index contributed by atoms with van der Waals surface area (Å²) in [6, 6.07) is 19.8. The number of nitrogens with one attached hydrogen (secondary N) is 1. The maximum atomic E-state index is 14.0. The van der Waals surface area contributed by atoms with Crippen LogP contribution in [0.2, 0.25) is 0 Å². The number of hydrogen-bond donors (Lipinski definition) is 3. The number of carbonyl (C=O) groups is 1. The maximum Gasteiger partial charge on any atom is 0.228 e. The molecule has 2 fully saturated rings. The molecule has 9 heteroatoms. The summed E-state index contributed by atoms with van der Waals surface area (Å²) in [5, 5.41) is 28.1. The molecular weight excluding hydrogens is 514 g/mol. The molecule has 0 unspecified atom stereocenters. The maximum absolute atomic E-state index is 14.0. The highest BCUT2D eigenvalue weighted by Crippen LogP contribution is 2.70. The Balaban J connectivity index is 1.62. The van der Waals surface area contributed by atoms with Gasteiger partial charge in [0.25, 0.3) is 0 Å². The lowest BCUT2D eigenvalue weighted by molar-refractivity contribution is -0.155. The number of methoxy groups -OCH3 is 3. The van der Waals surface area contributed by atoms with Crippen molar-refractivity contribution in [3.05, 3.63) is 83.4 Å². The molecule has 3 N–H and O–H groups in total. The molecule has 0 radical (unpaired) electrons. The lowest BCUT2D eigenvalue weighted by Crippen LogP contribution is -2.52. The van der Waals surface area contributed by atoms with E-state index < -0.39 is 41.3 Å². The molecule has 2 heterocycles. The van der Waals surface area contributed by atoms with Crippen molar-refractivity contribution in [2.45, 2.75) is 42.3 Å². The van der Waals surface area contributed by atoms with E-state index in [2.05, 4.69) is 5.32 Å². The fraction of sp³-hybridized carbons (Fsp3) is 0.387. The van der Waals surface area contributed by atoms with Crippen molar-refractivity contribution in [3.8, 4) is 23.0 Å². The Morgan fingerprint density at radius 1 is 0.975 bits per heavy atom. The zero-order chi connectivity index (χ0) is 28.1. The van der Waals surface area contributed by atoms with Crippen LogP contribution in [0.1, 0.15) is 35.4 Å². The highest BCUT2D eigenvalue weighted by atomic mass is 16.5. The van der Waals surface area contributed by atoms with E-state index in [9.17, 15) is 15.0 Å². The third kappa shape index (κ3) is 3.68. The van der Waals surface area contributed by atoms with Crippen LogP contribution in [0.5, 0.6) is 23.0 Å². The standard InChI is InChI=1S/C31H33NO8/c1-36-20-13-11-19(12-14-20)31-26(18-8-5-4-6-9-18)25(29(34)32-24-10-7-15-39-24)28(33)30(31,35)27-22(38-3)16-21(37-2)17-23(27)40-31/h4-6,8-9,11-14,16-17,24-26,28,33,35H,7,10,15H2,1-3H3,(H,32,34)/t24-,25-,26-,28-,30+,31+/m1/s1. The molecule has 40 heavy (non-hydrogen) atoms. The van der Waals surface area contributed by atoms with Gasteiger partial charge in [-0.15, -0.1) is 0 Å².